The van der Waals surface area contributed by atoms with Gasteiger partial charge in [-0.15, -0.1) is 0 Å². The zero-order valence-corrected chi connectivity index (χ0v) is 30.7. The van der Waals surface area contributed by atoms with Gasteiger partial charge in [-0.25, -0.2) is 0 Å². The van der Waals surface area contributed by atoms with Crippen LogP contribution in [0.5, 0.6) is 0 Å². The van der Waals surface area contributed by atoms with Crippen LogP contribution >= 0.6 is 0 Å². The van der Waals surface area contributed by atoms with Crippen molar-refractivity contribution in [1.82, 2.24) is 0 Å². The summed E-state index contributed by atoms with van der Waals surface area (Å²) in [4.78, 5) is 45.4. The Morgan fingerprint density at radius 3 is 1.17 bits per heavy atom. The molecule has 0 fully saturated rings. The molecular weight excluding hydrogens is 596 g/mol. The first-order valence-corrected chi connectivity index (χ1v) is 19.3. The molecule has 0 rings (SSSR count). The molecule has 0 aromatic rings. The topological polar surface area (TPSA) is 116 Å². The summed E-state index contributed by atoms with van der Waals surface area (Å²) >= 11 is 0. The van der Waals surface area contributed by atoms with Crippen LogP contribution in [-0.2, 0) is 33.4 Å². The van der Waals surface area contributed by atoms with Crippen molar-refractivity contribution in [2.75, 3.05) is 19.8 Å². The SMILES string of the molecule is CC(=O)OCCC(C)(C)CC(=O)OCCCCCCCCCCOC(=O)CCCCCCCCCCCCCCCCCCC(=O)O. The van der Waals surface area contributed by atoms with Crippen LogP contribution in [0.4, 0.5) is 0 Å². The fourth-order valence-electron chi connectivity index (χ4n) is 5.73. The summed E-state index contributed by atoms with van der Waals surface area (Å²) in [5.41, 5.74) is -0.248. The molecule has 0 aliphatic carbocycles. The summed E-state index contributed by atoms with van der Waals surface area (Å²) in [5, 5.41) is 8.64. The van der Waals surface area contributed by atoms with Crippen LogP contribution in [-0.4, -0.2) is 48.8 Å². The number of carbonyl (C=O) groups is 4. The van der Waals surface area contributed by atoms with Crippen molar-refractivity contribution in [3.05, 3.63) is 0 Å². The Labute approximate surface area is 287 Å². The van der Waals surface area contributed by atoms with Crippen molar-refractivity contribution >= 4 is 23.9 Å². The van der Waals surface area contributed by atoms with Crippen molar-refractivity contribution in [2.45, 2.75) is 201 Å². The Balaban J connectivity index is 3.32. The third kappa shape index (κ3) is 36.6. The molecule has 276 valence electrons. The Morgan fingerprint density at radius 2 is 0.787 bits per heavy atom. The first-order chi connectivity index (χ1) is 22.6. The normalized spacial score (nSPS) is 11.4. The Hall–Kier alpha value is -2.12. The highest BCUT2D eigenvalue weighted by Gasteiger charge is 2.23. The lowest BCUT2D eigenvalue weighted by Crippen LogP contribution is -2.21. The Kier molecular flexibility index (Phi) is 31.0. The number of carbonyl (C=O) groups excluding carboxylic acids is 3. The molecule has 0 aromatic heterocycles. The third-order valence-electron chi connectivity index (χ3n) is 8.79. The van der Waals surface area contributed by atoms with Gasteiger partial charge in [0.1, 0.15) is 0 Å². The zero-order chi connectivity index (χ0) is 34.9. The summed E-state index contributed by atoms with van der Waals surface area (Å²) in [6.07, 6.45) is 29.9. The van der Waals surface area contributed by atoms with Crippen molar-refractivity contribution in [3.8, 4) is 0 Å². The highest BCUT2D eigenvalue weighted by molar-refractivity contribution is 5.70. The number of hydrogen-bond donors (Lipinski definition) is 1. The predicted octanol–water partition coefficient (Wildman–Crippen LogP) is 10.7. The highest BCUT2D eigenvalue weighted by Crippen LogP contribution is 2.25. The molecule has 0 atom stereocenters. The maximum Gasteiger partial charge on any atom is 0.306 e. The fourth-order valence-corrected chi connectivity index (χ4v) is 5.73. The van der Waals surface area contributed by atoms with Gasteiger partial charge in [-0.2, -0.15) is 0 Å². The maximum absolute atomic E-state index is 12.1. The van der Waals surface area contributed by atoms with E-state index in [1.807, 2.05) is 13.8 Å². The van der Waals surface area contributed by atoms with Gasteiger partial charge in [0.15, 0.2) is 0 Å². The summed E-state index contributed by atoms with van der Waals surface area (Å²) in [6.45, 7) is 6.69. The molecule has 8 nitrogen and oxygen atoms in total. The van der Waals surface area contributed by atoms with E-state index in [0.29, 0.717) is 45.5 Å². The lowest BCUT2D eigenvalue weighted by molar-refractivity contribution is -0.147. The van der Waals surface area contributed by atoms with Crippen molar-refractivity contribution in [2.24, 2.45) is 5.41 Å². The molecule has 0 amide bonds. The van der Waals surface area contributed by atoms with Crippen molar-refractivity contribution < 1.29 is 38.5 Å². The maximum atomic E-state index is 12.1. The minimum Gasteiger partial charge on any atom is -0.481 e. The van der Waals surface area contributed by atoms with Crippen molar-refractivity contribution in [1.29, 1.82) is 0 Å². The number of hydrogen-bond acceptors (Lipinski definition) is 7. The molecule has 47 heavy (non-hydrogen) atoms. The number of carboxylic acid groups (broad SMARTS) is 1. The summed E-state index contributed by atoms with van der Waals surface area (Å²) in [5.74, 6) is -1.21. The van der Waals surface area contributed by atoms with Crippen LogP contribution in [0, 0.1) is 5.41 Å². The van der Waals surface area contributed by atoms with Gasteiger partial charge in [-0.05, 0) is 37.5 Å². The van der Waals surface area contributed by atoms with Gasteiger partial charge in [-0.1, -0.05) is 142 Å². The van der Waals surface area contributed by atoms with E-state index in [2.05, 4.69) is 0 Å². The van der Waals surface area contributed by atoms with E-state index < -0.39 is 5.97 Å². The van der Waals surface area contributed by atoms with Crippen LogP contribution in [0.2, 0.25) is 0 Å². The smallest absolute Gasteiger partial charge is 0.306 e. The number of esters is 3. The second kappa shape index (κ2) is 32.4. The fraction of sp³-hybridized carbons (Fsp3) is 0.897. The van der Waals surface area contributed by atoms with Crippen LogP contribution in [0.1, 0.15) is 201 Å². The number of unbranched alkanes of at least 4 members (excludes halogenated alkanes) is 22. The van der Waals surface area contributed by atoms with Gasteiger partial charge < -0.3 is 19.3 Å². The second-order valence-corrected chi connectivity index (χ2v) is 14.3. The van der Waals surface area contributed by atoms with Gasteiger partial charge in [0.25, 0.3) is 0 Å². The summed E-state index contributed by atoms with van der Waals surface area (Å²) < 4.78 is 15.8. The second-order valence-electron chi connectivity index (χ2n) is 14.3. The minimum absolute atomic E-state index is 0.0468. The van der Waals surface area contributed by atoms with E-state index in [1.54, 1.807) is 0 Å². The zero-order valence-electron chi connectivity index (χ0n) is 30.7. The average Bonchev–Trinajstić information content (AvgIpc) is 3.00. The summed E-state index contributed by atoms with van der Waals surface area (Å²) in [6, 6.07) is 0. The van der Waals surface area contributed by atoms with E-state index in [1.165, 1.54) is 96.8 Å². The molecule has 0 saturated heterocycles. The first kappa shape index (κ1) is 44.9. The molecule has 8 heteroatoms. The molecule has 0 aliphatic heterocycles. The minimum atomic E-state index is -0.676. The largest absolute Gasteiger partial charge is 0.481 e. The van der Waals surface area contributed by atoms with Crippen molar-refractivity contribution in [3.63, 3.8) is 0 Å². The molecular formula is C39H72O8. The predicted molar refractivity (Wildman–Crippen MR) is 189 cm³/mol. The number of carboxylic acids is 1. The summed E-state index contributed by atoms with van der Waals surface area (Å²) in [7, 11) is 0. The molecule has 0 radical (unpaired) electrons. The molecule has 1 N–H and O–H groups in total. The molecule has 0 aliphatic rings. The molecule has 0 aromatic carbocycles. The standard InChI is InChI=1S/C39H72O8/c1-35(40)45-33-30-39(2,3)34-38(44)47-32-27-23-19-15-14-18-22-26-31-46-37(43)29-25-21-17-13-11-9-7-5-4-6-8-10-12-16-20-24-28-36(41)42/h4-34H2,1-3H3,(H,41,42). The molecule has 0 saturated carbocycles. The Morgan fingerprint density at radius 1 is 0.447 bits per heavy atom. The number of aliphatic carboxylic acids is 1. The molecule has 0 bridgehead atoms. The van der Waals surface area contributed by atoms with E-state index in [4.69, 9.17) is 19.3 Å². The monoisotopic (exact) mass is 669 g/mol. The lowest BCUT2D eigenvalue weighted by Gasteiger charge is -2.23. The van der Waals surface area contributed by atoms with Gasteiger partial charge in [0.2, 0.25) is 0 Å². The van der Waals surface area contributed by atoms with Crippen LogP contribution in [0.3, 0.4) is 0 Å². The van der Waals surface area contributed by atoms with Gasteiger partial charge in [-0.3, -0.25) is 19.2 Å². The first-order valence-electron chi connectivity index (χ1n) is 19.3. The quantitative estimate of drug-likeness (QED) is 0.0403. The molecule has 0 heterocycles. The number of ether oxygens (including phenoxy) is 3. The van der Waals surface area contributed by atoms with Gasteiger partial charge in [0, 0.05) is 19.8 Å². The van der Waals surface area contributed by atoms with E-state index >= 15 is 0 Å². The van der Waals surface area contributed by atoms with E-state index in [9.17, 15) is 19.2 Å². The van der Waals surface area contributed by atoms with E-state index in [0.717, 1.165) is 64.2 Å². The highest BCUT2D eigenvalue weighted by atomic mass is 16.5. The lowest BCUT2D eigenvalue weighted by atomic mass is 9.86. The van der Waals surface area contributed by atoms with Crippen LogP contribution < -0.4 is 0 Å². The average molecular weight is 669 g/mol. The van der Waals surface area contributed by atoms with Gasteiger partial charge in [0.05, 0.1) is 26.2 Å². The number of rotatable bonds is 35. The van der Waals surface area contributed by atoms with Crippen LogP contribution in [0.15, 0.2) is 0 Å². The Bertz CT molecular complexity index is 779. The molecule has 0 spiro atoms. The van der Waals surface area contributed by atoms with E-state index in [-0.39, 0.29) is 23.3 Å². The third-order valence-corrected chi connectivity index (χ3v) is 8.79. The van der Waals surface area contributed by atoms with Gasteiger partial charge >= 0.3 is 23.9 Å². The van der Waals surface area contributed by atoms with Crippen LogP contribution in [0.25, 0.3) is 0 Å². The molecule has 0 unspecified atom stereocenters.